The normalized spacial score (nSPS) is 15.4. The highest BCUT2D eigenvalue weighted by Gasteiger charge is 2.19. The molecule has 0 atom stereocenters. The van der Waals surface area contributed by atoms with Gasteiger partial charge in [-0.15, -0.1) is 0 Å². The summed E-state index contributed by atoms with van der Waals surface area (Å²) in [4.78, 5) is 26.8. The Bertz CT molecular complexity index is 946. The molecule has 1 fully saturated rings. The minimum Gasteiger partial charge on any atom is -0.296 e. The molecule has 0 spiro atoms. The van der Waals surface area contributed by atoms with Crippen molar-refractivity contribution in [3.8, 4) is 0 Å². The van der Waals surface area contributed by atoms with Crippen molar-refractivity contribution in [1.82, 2.24) is 15.2 Å². The van der Waals surface area contributed by atoms with Crippen molar-refractivity contribution < 1.29 is 9.72 Å². The van der Waals surface area contributed by atoms with Gasteiger partial charge in [0.25, 0.3) is 11.6 Å². The molecule has 30 heavy (non-hydrogen) atoms. The quantitative estimate of drug-likeness (QED) is 0.398. The first kappa shape index (κ1) is 22.2. The van der Waals surface area contributed by atoms with Crippen LogP contribution in [0.15, 0.2) is 47.6 Å². The molecule has 10 heteroatoms. The van der Waals surface area contributed by atoms with Gasteiger partial charge in [0, 0.05) is 60.5 Å². The number of benzene rings is 2. The minimum absolute atomic E-state index is 0.0955. The van der Waals surface area contributed by atoms with Gasteiger partial charge in [-0.3, -0.25) is 24.7 Å². The van der Waals surface area contributed by atoms with Crippen LogP contribution in [-0.4, -0.2) is 59.6 Å². The molecule has 1 heterocycles. The van der Waals surface area contributed by atoms with Crippen LogP contribution in [0, 0.1) is 10.1 Å². The predicted octanol–water partition coefficient (Wildman–Crippen LogP) is 3.17. The molecule has 1 amide bonds. The lowest BCUT2D eigenvalue weighted by Crippen LogP contribution is -2.48. The van der Waals surface area contributed by atoms with Gasteiger partial charge < -0.3 is 0 Å². The van der Waals surface area contributed by atoms with Crippen molar-refractivity contribution in [2.45, 2.75) is 6.54 Å². The SMILES string of the molecule is O=C(CN1CCN(Cc2ccccc2Cl)CC1)N/N=C\c1cc([N+](=O)[O-])ccc1Cl. The van der Waals surface area contributed by atoms with Gasteiger partial charge in [-0.05, 0) is 17.7 Å². The van der Waals surface area contributed by atoms with Gasteiger partial charge in [-0.25, -0.2) is 5.43 Å². The van der Waals surface area contributed by atoms with E-state index in [9.17, 15) is 14.9 Å². The number of amides is 1. The maximum atomic E-state index is 12.1. The number of halogens is 2. The van der Waals surface area contributed by atoms with E-state index in [2.05, 4.69) is 15.4 Å². The van der Waals surface area contributed by atoms with Gasteiger partial charge in [0.15, 0.2) is 0 Å². The number of nitrogens with zero attached hydrogens (tertiary/aromatic N) is 4. The number of non-ortho nitro benzene ring substituents is 1. The first-order chi connectivity index (χ1) is 14.4. The summed E-state index contributed by atoms with van der Waals surface area (Å²) in [5.74, 6) is -0.257. The molecule has 3 rings (SSSR count). The van der Waals surface area contributed by atoms with Crippen molar-refractivity contribution in [1.29, 1.82) is 0 Å². The van der Waals surface area contributed by atoms with E-state index in [0.29, 0.717) is 10.6 Å². The molecule has 0 aliphatic carbocycles. The Morgan fingerprint density at radius 1 is 1.10 bits per heavy atom. The third-order valence-corrected chi connectivity index (χ3v) is 5.48. The largest absolute Gasteiger partial charge is 0.296 e. The number of rotatable bonds is 7. The summed E-state index contributed by atoms with van der Waals surface area (Å²) in [6, 6.07) is 11.8. The van der Waals surface area contributed by atoms with Crippen LogP contribution in [0.2, 0.25) is 10.0 Å². The van der Waals surface area contributed by atoms with Gasteiger partial charge in [-0.2, -0.15) is 5.10 Å². The fraction of sp³-hybridized carbons (Fsp3) is 0.300. The second kappa shape index (κ2) is 10.5. The Morgan fingerprint density at radius 3 is 2.50 bits per heavy atom. The highest BCUT2D eigenvalue weighted by atomic mass is 35.5. The number of hydrazone groups is 1. The predicted molar refractivity (Wildman–Crippen MR) is 117 cm³/mol. The van der Waals surface area contributed by atoms with E-state index in [1.54, 1.807) is 0 Å². The zero-order valence-electron chi connectivity index (χ0n) is 16.1. The fourth-order valence-corrected chi connectivity index (χ4v) is 3.49. The Hall–Kier alpha value is -2.52. The van der Waals surface area contributed by atoms with Gasteiger partial charge >= 0.3 is 0 Å². The number of piperazine rings is 1. The molecule has 1 N–H and O–H groups in total. The number of hydrogen-bond acceptors (Lipinski definition) is 6. The Labute approximate surface area is 184 Å². The zero-order valence-corrected chi connectivity index (χ0v) is 17.6. The molecule has 0 radical (unpaired) electrons. The van der Waals surface area contributed by atoms with E-state index in [1.165, 1.54) is 24.4 Å². The molecular weight excluding hydrogens is 429 g/mol. The van der Waals surface area contributed by atoms with E-state index >= 15 is 0 Å². The first-order valence-corrected chi connectivity index (χ1v) is 10.1. The summed E-state index contributed by atoms with van der Waals surface area (Å²) in [7, 11) is 0. The molecule has 1 aliphatic heterocycles. The van der Waals surface area contributed by atoms with Crippen molar-refractivity contribution in [2.24, 2.45) is 5.10 Å². The Morgan fingerprint density at radius 2 is 1.80 bits per heavy atom. The molecule has 2 aromatic rings. The van der Waals surface area contributed by atoms with Gasteiger partial charge in [-0.1, -0.05) is 41.4 Å². The van der Waals surface area contributed by atoms with Gasteiger partial charge in [0.2, 0.25) is 0 Å². The van der Waals surface area contributed by atoms with Crippen molar-refractivity contribution in [2.75, 3.05) is 32.7 Å². The Kier molecular flexibility index (Phi) is 7.75. The van der Waals surface area contributed by atoms with Crippen LogP contribution in [0.5, 0.6) is 0 Å². The third-order valence-electron chi connectivity index (χ3n) is 4.77. The smallest absolute Gasteiger partial charge is 0.270 e. The average molecular weight is 450 g/mol. The number of hydrogen-bond donors (Lipinski definition) is 1. The molecular formula is C20H21Cl2N5O3. The summed E-state index contributed by atoms with van der Waals surface area (Å²) in [6.45, 7) is 4.21. The molecule has 0 saturated carbocycles. The molecule has 2 aromatic carbocycles. The van der Waals surface area contributed by atoms with E-state index in [-0.39, 0.29) is 18.1 Å². The zero-order chi connectivity index (χ0) is 21.5. The van der Waals surface area contributed by atoms with Gasteiger partial charge in [0.1, 0.15) is 0 Å². The molecule has 8 nitrogen and oxygen atoms in total. The number of carbonyl (C=O) groups is 1. The minimum atomic E-state index is -0.516. The maximum Gasteiger partial charge on any atom is 0.270 e. The average Bonchev–Trinajstić information content (AvgIpc) is 2.72. The molecule has 158 valence electrons. The summed E-state index contributed by atoms with van der Waals surface area (Å²) in [5, 5.41) is 15.8. The standard InChI is InChI=1S/C20H21Cl2N5O3/c21-18-4-2-1-3-15(18)13-25-7-9-26(10-8-25)14-20(28)24-23-12-16-11-17(27(29)30)5-6-19(16)22/h1-6,11-12H,7-10,13-14H2,(H,24,28)/b23-12-. The van der Waals surface area contributed by atoms with Crippen molar-refractivity contribution in [3.05, 3.63) is 73.8 Å². The van der Waals surface area contributed by atoms with E-state index in [0.717, 1.165) is 43.3 Å². The van der Waals surface area contributed by atoms with Crippen LogP contribution in [0.1, 0.15) is 11.1 Å². The number of carbonyl (C=O) groups excluding carboxylic acids is 1. The van der Waals surface area contributed by atoms with Crippen LogP contribution in [0.3, 0.4) is 0 Å². The fourth-order valence-electron chi connectivity index (χ4n) is 3.13. The third kappa shape index (κ3) is 6.24. The first-order valence-electron chi connectivity index (χ1n) is 9.36. The maximum absolute atomic E-state index is 12.1. The summed E-state index contributed by atoms with van der Waals surface area (Å²) >= 11 is 12.2. The van der Waals surface area contributed by atoms with E-state index in [4.69, 9.17) is 23.2 Å². The topological polar surface area (TPSA) is 91.1 Å². The van der Waals surface area contributed by atoms with E-state index < -0.39 is 4.92 Å². The van der Waals surface area contributed by atoms with Crippen molar-refractivity contribution in [3.63, 3.8) is 0 Å². The Balaban J connectivity index is 1.44. The number of nitro benzene ring substituents is 1. The second-order valence-electron chi connectivity index (χ2n) is 6.90. The summed E-state index contributed by atoms with van der Waals surface area (Å²) in [5.41, 5.74) is 3.80. The highest BCUT2D eigenvalue weighted by molar-refractivity contribution is 6.33. The number of nitro groups is 1. The second-order valence-corrected chi connectivity index (χ2v) is 7.71. The van der Waals surface area contributed by atoms with Crippen LogP contribution in [0.4, 0.5) is 5.69 Å². The van der Waals surface area contributed by atoms with Gasteiger partial charge in [0.05, 0.1) is 17.7 Å². The summed E-state index contributed by atoms with van der Waals surface area (Å²) in [6.07, 6.45) is 1.30. The van der Waals surface area contributed by atoms with Crippen LogP contribution in [-0.2, 0) is 11.3 Å². The van der Waals surface area contributed by atoms with E-state index in [1.807, 2.05) is 29.2 Å². The highest BCUT2D eigenvalue weighted by Crippen LogP contribution is 2.20. The molecule has 0 aromatic heterocycles. The molecule has 0 bridgehead atoms. The number of nitrogens with one attached hydrogen (secondary N) is 1. The monoisotopic (exact) mass is 449 g/mol. The van der Waals surface area contributed by atoms with Crippen LogP contribution in [0.25, 0.3) is 0 Å². The van der Waals surface area contributed by atoms with Crippen LogP contribution >= 0.6 is 23.2 Å². The summed E-state index contributed by atoms with van der Waals surface area (Å²) < 4.78 is 0. The molecule has 1 aliphatic rings. The molecule has 0 unspecified atom stereocenters. The lowest BCUT2D eigenvalue weighted by Gasteiger charge is -2.34. The molecule has 1 saturated heterocycles. The lowest BCUT2D eigenvalue weighted by atomic mass is 10.2. The van der Waals surface area contributed by atoms with Crippen LogP contribution < -0.4 is 5.43 Å². The lowest BCUT2D eigenvalue weighted by molar-refractivity contribution is -0.384. The van der Waals surface area contributed by atoms with Crippen molar-refractivity contribution >= 4 is 41.0 Å².